The molecule has 0 rings (SSSR count). The predicted molar refractivity (Wildman–Crippen MR) is 108 cm³/mol. The van der Waals surface area contributed by atoms with E-state index in [1.165, 1.54) is 0 Å². The van der Waals surface area contributed by atoms with Crippen molar-refractivity contribution in [2.75, 3.05) is 13.2 Å². The van der Waals surface area contributed by atoms with Crippen molar-refractivity contribution < 1.29 is 32.0 Å². The highest BCUT2D eigenvalue weighted by atomic mass is 32.2. The van der Waals surface area contributed by atoms with Gasteiger partial charge in [-0.2, -0.15) is 8.42 Å². The van der Waals surface area contributed by atoms with Crippen LogP contribution in [0.3, 0.4) is 0 Å². The third-order valence-electron chi connectivity index (χ3n) is 5.86. The van der Waals surface area contributed by atoms with Gasteiger partial charge in [-0.3, -0.25) is 14.1 Å². The summed E-state index contributed by atoms with van der Waals surface area (Å²) in [6, 6.07) is 0. The van der Waals surface area contributed by atoms with E-state index in [4.69, 9.17) is 9.47 Å². The van der Waals surface area contributed by atoms with E-state index in [0.717, 1.165) is 12.8 Å². The predicted octanol–water partition coefficient (Wildman–Crippen LogP) is 3.86. The highest BCUT2D eigenvalue weighted by molar-refractivity contribution is 7.87. The molecule has 0 saturated carbocycles. The summed E-state index contributed by atoms with van der Waals surface area (Å²) in [6.45, 7) is 12.6. The maximum absolute atomic E-state index is 12.1. The first-order chi connectivity index (χ1) is 12.9. The van der Waals surface area contributed by atoms with Gasteiger partial charge in [0, 0.05) is 0 Å². The third kappa shape index (κ3) is 10.4. The van der Waals surface area contributed by atoms with Crippen molar-refractivity contribution in [2.45, 2.75) is 78.9 Å². The summed E-state index contributed by atoms with van der Waals surface area (Å²) in [5.41, 5.74) is 0. The molecule has 1 N–H and O–H groups in total. The molecule has 0 spiro atoms. The van der Waals surface area contributed by atoms with Gasteiger partial charge in [0.05, 0.1) is 19.6 Å². The van der Waals surface area contributed by atoms with Gasteiger partial charge in [0.15, 0.2) is 5.25 Å². The van der Waals surface area contributed by atoms with Crippen LogP contribution in [-0.2, 0) is 29.2 Å². The monoisotopic (exact) mass is 422 g/mol. The lowest BCUT2D eigenvalue weighted by molar-refractivity contribution is -0.150. The van der Waals surface area contributed by atoms with Crippen molar-refractivity contribution in [3.05, 3.63) is 0 Å². The lowest BCUT2D eigenvalue weighted by atomic mass is 9.91. The number of ether oxygens (including phenoxy) is 2. The van der Waals surface area contributed by atoms with Gasteiger partial charge in [0.2, 0.25) is 0 Å². The van der Waals surface area contributed by atoms with Gasteiger partial charge in [0.25, 0.3) is 10.1 Å². The summed E-state index contributed by atoms with van der Waals surface area (Å²) in [7, 11) is -4.77. The average Bonchev–Trinajstić information content (AvgIpc) is 2.63. The molecule has 166 valence electrons. The lowest BCUT2D eigenvalue weighted by Gasteiger charge is -2.19. The molecular formula is C20H38O7S. The summed E-state index contributed by atoms with van der Waals surface area (Å²) >= 11 is 0. The summed E-state index contributed by atoms with van der Waals surface area (Å²) in [5, 5.41) is -1.95. The molecule has 28 heavy (non-hydrogen) atoms. The standard InChI is InChI=1S/C20H38O7S/c1-7-14(3)16(5)9-11-26-19(21)13-18(28(23,24)25)20(22)27-12-10-17(6)15(4)8-2/h14-18H,7-13H2,1-6H3,(H,23,24,25). The minimum atomic E-state index is -4.77. The third-order valence-corrected chi connectivity index (χ3v) is 6.94. The van der Waals surface area contributed by atoms with Crippen LogP contribution in [0.2, 0.25) is 0 Å². The Morgan fingerprint density at radius 3 is 1.64 bits per heavy atom. The quantitative estimate of drug-likeness (QED) is 0.334. The number of carbonyl (C=O) groups excluding carboxylic acids is 2. The van der Waals surface area contributed by atoms with E-state index in [1.807, 2.05) is 6.92 Å². The summed E-state index contributed by atoms with van der Waals surface area (Å²) in [4.78, 5) is 24.0. The molecule has 7 nitrogen and oxygen atoms in total. The Hall–Kier alpha value is -1.15. The molecule has 0 heterocycles. The van der Waals surface area contributed by atoms with Crippen molar-refractivity contribution in [3.8, 4) is 0 Å². The molecule has 0 bridgehead atoms. The molecule has 0 aliphatic carbocycles. The molecule has 0 radical (unpaired) electrons. The van der Waals surface area contributed by atoms with E-state index in [2.05, 4.69) is 34.6 Å². The zero-order valence-corrected chi connectivity index (χ0v) is 19.0. The van der Waals surface area contributed by atoms with Crippen molar-refractivity contribution in [2.24, 2.45) is 23.7 Å². The second-order valence-corrected chi connectivity index (χ2v) is 9.50. The molecule has 0 aliphatic heterocycles. The van der Waals surface area contributed by atoms with E-state index >= 15 is 0 Å². The van der Waals surface area contributed by atoms with Crippen LogP contribution in [-0.4, -0.2) is 43.4 Å². The van der Waals surface area contributed by atoms with Crippen LogP contribution in [0.25, 0.3) is 0 Å². The number of esters is 2. The first-order valence-corrected chi connectivity index (χ1v) is 11.7. The molecule has 0 aromatic rings. The summed E-state index contributed by atoms with van der Waals surface area (Å²) in [5.74, 6) is -0.374. The molecule has 0 amide bonds. The Bertz CT molecular complexity index is 573. The Balaban J connectivity index is 4.58. The Morgan fingerprint density at radius 2 is 1.25 bits per heavy atom. The zero-order chi connectivity index (χ0) is 21.9. The largest absolute Gasteiger partial charge is 0.466 e. The van der Waals surface area contributed by atoms with Gasteiger partial charge in [0.1, 0.15) is 0 Å². The van der Waals surface area contributed by atoms with Gasteiger partial charge in [-0.15, -0.1) is 0 Å². The average molecular weight is 423 g/mol. The van der Waals surface area contributed by atoms with Gasteiger partial charge in [-0.1, -0.05) is 54.4 Å². The number of carbonyl (C=O) groups is 2. The van der Waals surface area contributed by atoms with Gasteiger partial charge in [-0.25, -0.2) is 0 Å². The van der Waals surface area contributed by atoms with Crippen LogP contribution in [0, 0.1) is 23.7 Å². The molecule has 5 unspecified atom stereocenters. The maximum Gasteiger partial charge on any atom is 0.327 e. The van der Waals surface area contributed by atoms with E-state index in [1.54, 1.807) is 0 Å². The molecule has 0 saturated heterocycles. The highest BCUT2D eigenvalue weighted by Crippen LogP contribution is 2.19. The number of hydrogen-bond donors (Lipinski definition) is 1. The van der Waals surface area contributed by atoms with Crippen molar-refractivity contribution >= 4 is 22.1 Å². The van der Waals surface area contributed by atoms with E-state index in [9.17, 15) is 22.6 Å². The maximum atomic E-state index is 12.1. The van der Waals surface area contributed by atoms with Crippen LogP contribution >= 0.6 is 0 Å². The minimum Gasteiger partial charge on any atom is -0.466 e. The molecular weight excluding hydrogens is 384 g/mol. The first kappa shape index (κ1) is 26.9. The van der Waals surface area contributed by atoms with Crippen LogP contribution in [0.1, 0.15) is 73.6 Å². The van der Waals surface area contributed by atoms with E-state index in [0.29, 0.717) is 36.5 Å². The fourth-order valence-electron chi connectivity index (χ4n) is 2.69. The molecule has 0 fully saturated rings. The summed E-state index contributed by atoms with van der Waals surface area (Å²) in [6.07, 6.45) is 2.48. The normalized spacial score (nSPS) is 17.2. The van der Waals surface area contributed by atoms with Crippen LogP contribution < -0.4 is 0 Å². The fourth-order valence-corrected chi connectivity index (χ4v) is 3.35. The molecule has 0 aromatic carbocycles. The Labute approximate surface area is 170 Å². The SMILES string of the molecule is CCC(C)C(C)CCOC(=O)CC(C(=O)OCCC(C)C(C)CC)S(=O)(=O)O. The molecule has 0 aromatic heterocycles. The van der Waals surface area contributed by atoms with Crippen LogP contribution in [0.4, 0.5) is 0 Å². The molecule has 8 heteroatoms. The topological polar surface area (TPSA) is 107 Å². The van der Waals surface area contributed by atoms with Crippen molar-refractivity contribution in [1.29, 1.82) is 0 Å². The smallest absolute Gasteiger partial charge is 0.327 e. The second kappa shape index (κ2) is 13.1. The van der Waals surface area contributed by atoms with Crippen molar-refractivity contribution in [3.63, 3.8) is 0 Å². The molecule has 0 aliphatic rings. The van der Waals surface area contributed by atoms with Gasteiger partial charge in [-0.05, 0) is 36.5 Å². The first-order valence-electron chi connectivity index (χ1n) is 10.2. The molecule has 5 atom stereocenters. The fraction of sp³-hybridized carbons (Fsp3) is 0.900. The zero-order valence-electron chi connectivity index (χ0n) is 18.1. The Morgan fingerprint density at radius 1 is 0.821 bits per heavy atom. The second-order valence-electron chi connectivity index (χ2n) is 7.90. The van der Waals surface area contributed by atoms with Crippen LogP contribution in [0.5, 0.6) is 0 Å². The van der Waals surface area contributed by atoms with Crippen molar-refractivity contribution in [1.82, 2.24) is 0 Å². The van der Waals surface area contributed by atoms with Gasteiger partial charge < -0.3 is 9.47 Å². The number of hydrogen-bond acceptors (Lipinski definition) is 6. The number of rotatable bonds is 14. The van der Waals surface area contributed by atoms with E-state index < -0.39 is 33.7 Å². The Kier molecular flexibility index (Phi) is 12.6. The highest BCUT2D eigenvalue weighted by Gasteiger charge is 2.35. The van der Waals surface area contributed by atoms with E-state index in [-0.39, 0.29) is 13.2 Å². The van der Waals surface area contributed by atoms with Gasteiger partial charge >= 0.3 is 11.9 Å². The summed E-state index contributed by atoms with van der Waals surface area (Å²) < 4.78 is 42.4. The van der Waals surface area contributed by atoms with Crippen LogP contribution in [0.15, 0.2) is 0 Å². The minimum absolute atomic E-state index is 0.0395. The lowest BCUT2D eigenvalue weighted by Crippen LogP contribution is -2.35.